The van der Waals surface area contributed by atoms with Gasteiger partial charge < -0.3 is 10.4 Å². The van der Waals surface area contributed by atoms with Crippen molar-refractivity contribution in [2.24, 2.45) is 0 Å². The molecule has 2 N–H and O–H groups in total. The lowest BCUT2D eigenvalue weighted by molar-refractivity contribution is -0.116. The molecule has 104 valence electrons. The van der Waals surface area contributed by atoms with Crippen LogP contribution in [0.1, 0.15) is 5.56 Å². The summed E-state index contributed by atoms with van der Waals surface area (Å²) >= 11 is 0. The van der Waals surface area contributed by atoms with Crippen molar-refractivity contribution in [2.45, 2.75) is 6.42 Å². The first kappa shape index (κ1) is 15.6. The van der Waals surface area contributed by atoms with Crippen molar-refractivity contribution < 1.29 is 18.3 Å². The number of phenolic OH excluding ortho intramolecular Hbond substituents is 1. The number of hydrogen-bond donors (Lipinski definition) is 2. The molecule has 0 aromatic heterocycles. The number of amides is 1. The number of rotatable bonds is 6. The molecular formula is C12H15NO4S2. The van der Waals surface area contributed by atoms with Crippen LogP contribution in [0, 0.1) is 0 Å². The highest BCUT2D eigenvalue weighted by Gasteiger charge is 2.03. The minimum atomic E-state index is -3.35. The summed E-state index contributed by atoms with van der Waals surface area (Å²) in [7, 11) is -2.68. The minimum Gasteiger partial charge on any atom is -0.508 e. The molecule has 1 rings (SSSR count). The van der Waals surface area contributed by atoms with E-state index in [1.54, 1.807) is 24.3 Å². The van der Waals surface area contributed by atoms with Crippen LogP contribution in [0.15, 0.2) is 35.7 Å². The second-order valence-corrected chi connectivity index (χ2v) is 7.65. The number of phenols is 1. The van der Waals surface area contributed by atoms with E-state index < -0.39 is 14.8 Å². The van der Waals surface area contributed by atoms with Gasteiger partial charge in [-0.05, 0) is 41.2 Å². The number of carbonyl (C=O) groups excluding carboxylic acids is 1. The fourth-order valence-electron chi connectivity index (χ4n) is 1.25. The number of hydrogen-bond acceptors (Lipinski definition) is 5. The van der Waals surface area contributed by atoms with Crippen LogP contribution in [0.5, 0.6) is 5.75 Å². The summed E-state index contributed by atoms with van der Waals surface area (Å²) in [5.74, 6) is -0.255. The molecule has 0 unspecified atom stereocenters. The monoisotopic (exact) mass is 301 g/mol. The van der Waals surface area contributed by atoms with E-state index in [4.69, 9.17) is 5.11 Å². The Kier molecular flexibility index (Phi) is 5.91. The van der Waals surface area contributed by atoms with Crippen molar-refractivity contribution in [3.8, 4) is 5.75 Å². The zero-order valence-electron chi connectivity index (χ0n) is 10.4. The predicted molar refractivity (Wildman–Crippen MR) is 76.4 cm³/mol. The van der Waals surface area contributed by atoms with Gasteiger partial charge in [0.2, 0.25) is 14.8 Å². The van der Waals surface area contributed by atoms with E-state index in [-0.39, 0.29) is 5.75 Å². The van der Waals surface area contributed by atoms with E-state index in [2.05, 4.69) is 5.32 Å². The van der Waals surface area contributed by atoms with Gasteiger partial charge in [0, 0.05) is 18.0 Å². The minimum absolute atomic E-state index is 0.193. The Hall–Kier alpha value is -1.47. The normalized spacial score (nSPS) is 11.6. The van der Waals surface area contributed by atoms with Crippen molar-refractivity contribution in [2.75, 3.05) is 12.8 Å². The van der Waals surface area contributed by atoms with Gasteiger partial charge in [-0.15, -0.1) is 0 Å². The summed E-state index contributed by atoms with van der Waals surface area (Å²) < 4.78 is 22.2. The highest BCUT2D eigenvalue weighted by atomic mass is 33.1. The van der Waals surface area contributed by atoms with E-state index in [0.717, 1.165) is 17.0 Å². The lowest BCUT2D eigenvalue weighted by Crippen LogP contribution is -2.23. The third-order valence-corrected chi connectivity index (χ3v) is 4.93. The first-order valence-electron chi connectivity index (χ1n) is 5.47. The van der Waals surface area contributed by atoms with Crippen molar-refractivity contribution in [3.63, 3.8) is 0 Å². The third kappa shape index (κ3) is 6.30. The van der Waals surface area contributed by atoms with Gasteiger partial charge in [0.05, 0.1) is 0 Å². The number of benzene rings is 1. The van der Waals surface area contributed by atoms with Crippen LogP contribution in [-0.4, -0.2) is 32.2 Å². The van der Waals surface area contributed by atoms with E-state index >= 15 is 0 Å². The van der Waals surface area contributed by atoms with Gasteiger partial charge in [-0.3, -0.25) is 4.79 Å². The largest absolute Gasteiger partial charge is 0.508 e. The molecule has 0 saturated carbocycles. The van der Waals surface area contributed by atoms with Crippen LogP contribution >= 0.6 is 10.8 Å². The number of nitrogens with one attached hydrogen (secondary N) is 1. The summed E-state index contributed by atoms with van der Waals surface area (Å²) in [4.78, 5) is 11.3. The molecule has 7 heteroatoms. The number of aromatic hydroxyl groups is 1. The Balaban J connectivity index is 2.37. The van der Waals surface area contributed by atoms with E-state index in [0.29, 0.717) is 23.8 Å². The maximum atomic E-state index is 11.3. The molecule has 0 aliphatic carbocycles. The SMILES string of the molecule is CSS(=O)(=O)/C=C\C(=O)NCCc1ccc(O)cc1. The van der Waals surface area contributed by atoms with Crippen LogP contribution in [0.2, 0.25) is 0 Å². The average Bonchev–Trinajstić information content (AvgIpc) is 2.39. The predicted octanol–water partition coefficient (Wildman–Crippen LogP) is 1.26. The second-order valence-electron chi connectivity index (χ2n) is 3.67. The van der Waals surface area contributed by atoms with Gasteiger partial charge in [-0.1, -0.05) is 12.1 Å². The fraction of sp³-hybridized carbons (Fsp3) is 0.250. The zero-order chi connectivity index (χ0) is 14.3. The first-order chi connectivity index (χ1) is 8.93. The lowest BCUT2D eigenvalue weighted by Gasteiger charge is -2.02. The summed E-state index contributed by atoms with van der Waals surface area (Å²) in [5, 5.41) is 12.6. The Bertz CT molecular complexity index is 550. The highest BCUT2D eigenvalue weighted by Crippen LogP contribution is 2.10. The van der Waals surface area contributed by atoms with Crippen LogP contribution in [-0.2, 0) is 20.1 Å². The molecule has 0 spiro atoms. The summed E-state index contributed by atoms with van der Waals surface area (Å²) in [6.07, 6.45) is 3.04. The van der Waals surface area contributed by atoms with Crippen molar-refractivity contribution in [1.29, 1.82) is 0 Å². The van der Waals surface area contributed by atoms with Gasteiger partial charge in [0.1, 0.15) is 5.75 Å². The molecule has 1 amide bonds. The summed E-state index contributed by atoms with van der Waals surface area (Å²) in [5.41, 5.74) is 0.971. The molecule has 1 aromatic rings. The van der Waals surface area contributed by atoms with Crippen molar-refractivity contribution in [1.82, 2.24) is 5.32 Å². The van der Waals surface area contributed by atoms with Crippen LogP contribution in [0.4, 0.5) is 0 Å². The van der Waals surface area contributed by atoms with Crippen molar-refractivity contribution in [3.05, 3.63) is 41.3 Å². The molecule has 0 atom stereocenters. The smallest absolute Gasteiger partial charge is 0.244 e. The van der Waals surface area contributed by atoms with Gasteiger partial charge in [-0.2, -0.15) is 0 Å². The zero-order valence-corrected chi connectivity index (χ0v) is 12.0. The number of carbonyl (C=O) groups is 1. The fourth-order valence-corrected chi connectivity index (χ4v) is 2.15. The van der Waals surface area contributed by atoms with E-state index in [1.807, 2.05) is 0 Å². The molecule has 0 saturated heterocycles. The maximum Gasteiger partial charge on any atom is 0.244 e. The maximum absolute atomic E-state index is 11.3. The molecule has 19 heavy (non-hydrogen) atoms. The second kappa shape index (κ2) is 7.20. The molecule has 0 fully saturated rings. The Morgan fingerprint density at radius 3 is 2.58 bits per heavy atom. The van der Waals surface area contributed by atoms with Crippen LogP contribution < -0.4 is 5.32 Å². The van der Waals surface area contributed by atoms with Gasteiger partial charge in [-0.25, -0.2) is 8.42 Å². The van der Waals surface area contributed by atoms with Crippen LogP contribution in [0.3, 0.4) is 0 Å². The molecule has 0 aliphatic rings. The van der Waals surface area contributed by atoms with Gasteiger partial charge >= 0.3 is 0 Å². The molecule has 1 aromatic carbocycles. The summed E-state index contributed by atoms with van der Waals surface area (Å²) in [6, 6.07) is 6.66. The van der Waals surface area contributed by atoms with Crippen molar-refractivity contribution >= 4 is 25.6 Å². The van der Waals surface area contributed by atoms with Gasteiger partial charge in [0.15, 0.2) is 0 Å². The molecule has 0 bridgehead atoms. The average molecular weight is 301 g/mol. The molecular weight excluding hydrogens is 286 g/mol. The standard InChI is InChI=1S/C12H15NO4S2/c1-18-19(16,17)9-7-12(15)13-8-6-10-2-4-11(14)5-3-10/h2-5,7,9,14H,6,8H2,1H3,(H,13,15)/b9-7-. The molecule has 0 aliphatic heterocycles. The molecule has 0 heterocycles. The van der Waals surface area contributed by atoms with E-state index in [1.165, 1.54) is 6.26 Å². The highest BCUT2D eigenvalue weighted by molar-refractivity contribution is 8.72. The van der Waals surface area contributed by atoms with E-state index in [9.17, 15) is 13.2 Å². The summed E-state index contributed by atoms with van der Waals surface area (Å²) in [6.45, 7) is 0.396. The quantitative estimate of drug-likeness (QED) is 0.610. The third-order valence-electron chi connectivity index (χ3n) is 2.27. The van der Waals surface area contributed by atoms with Gasteiger partial charge in [0.25, 0.3) is 0 Å². The topological polar surface area (TPSA) is 83.5 Å². The Morgan fingerprint density at radius 2 is 2.00 bits per heavy atom. The molecule has 5 nitrogen and oxygen atoms in total. The first-order valence-corrected chi connectivity index (χ1v) is 8.76. The Labute approximate surface area is 116 Å². The Morgan fingerprint density at radius 1 is 1.37 bits per heavy atom. The molecule has 0 radical (unpaired) electrons. The lowest BCUT2D eigenvalue weighted by atomic mass is 10.1. The van der Waals surface area contributed by atoms with Crippen LogP contribution in [0.25, 0.3) is 0 Å².